The molecule has 1 aliphatic heterocycles. The molecule has 420 valence electrons. The van der Waals surface area contributed by atoms with Crippen LogP contribution in [0.2, 0.25) is 0 Å². The van der Waals surface area contributed by atoms with Gasteiger partial charge in [0.1, 0.15) is 0 Å². The van der Waals surface area contributed by atoms with Crippen molar-refractivity contribution in [1.82, 2.24) is 0 Å². The van der Waals surface area contributed by atoms with Crippen molar-refractivity contribution in [2.45, 2.75) is 324 Å². The van der Waals surface area contributed by atoms with Gasteiger partial charge in [0.15, 0.2) is 0 Å². The fourth-order valence-corrected chi connectivity index (χ4v) is 10.1. The zero-order chi connectivity index (χ0) is 52.4. The number of unbranched alkanes of at least 4 members (excludes halogenated alkanes) is 35. The quantitative estimate of drug-likeness (QED) is 0.0273. The SMILES string of the molecule is CCCCCCCC=CC1=C(c2ccc(CCCCC)cc2)[N+](=[N-])C(c2cccc(CCCC)c2)=C1CCCC.[CH2-]CCCCCCCCCCCCCCC.[CH2-]CCCCCCCCCCCCCCC.[Ni+2]. The molecule has 2 aromatic carbocycles. The second-order valence-electron chi connectivity index (χ2n) is 21.8. The fraction of sp³-hybridized carbons (Fsp3) is 0.714. The minimum absolute atomic E-state index is 0. The summed E-state index contributed by atoms with van der Waals surface area (Å²) >= 11 is 0. The number of nitrogens with zero attached hydrogens (tertiary/aromatic N) is 2. The first-order valence-corrected chi connectivity index (χ1v) is 31.9. The average Bonchev–Trinajstić information content (AvgIpc) is 3.68. The Hall–Kier alpha value is -2.25. The minimum Gasteiger partial charge on any atom is -0.493 e. The molecule has 0 unspecified atom stereocenters. The number of allylic oxidation sites excluding steroid dienone is 4. The summed E-state index contributed by atoms with van der Waals surface area (Å²) < 4.78 is 1.51. The second kappa shape index (κ2) is 53.2. The molecule has 0 bridgehead atoms. The van der Waals surface area contributed by atoms with Crippen LogP contribution in [-0.4, -0.2) is 4.70 Å². The van der Waals surface area contributed by atoms with Gasteiger partial charge in [0.2, 0.25) is 11.4 Å². The van der Waals surface area contributed by atoms with E-state index >= 15 is 0 Å². The van der Waals surface area contributed by atoms with E-state index in [2.05, 4.69) is 116 Å². The molecule has 0 saturated heterocycles. The van der Waals surface area contributed by atoms with Crippen molar-refractivity contribution in [3.05, 3.63) is 113 Å². The minimum atomic E-state index is 0. The van der Waals surface area contributed by atoms with Crippen molar-refractivity contribution >= 4 is 11.4 Å². The normalized spacial score (nSPS) is 12.4. The zero-order valence-corrected chi connectivity index (χ0v) is 50.5. The summed E-state index contributed by atoms with van der Waals surface area (Å²) in [6, 6.07) is 17.8. The van der Waals surface area contributed by atoms with Gasteiger partial charge in [-0.3, -0.25) is 0 Å². The summed E-state index contributed by atoms with van der Waals surface area (Å²) in [5.74, 6) is 0. The molecule has 0 aromatic heterocycles. The van der Waals surface area contributed by atoms with Crippen LogP contribution in [0.15, 0.2) is 71.8 Å². The summed E-state index contributed by atoms with van der Waals surface area (Å²) in [4.78, 5) is 0. The Bertz CT molecular complexity index is 1560. The molecule has 2 nitrogen and oxygen atoms in total. The number of aryl methyl sites for hydroxylation is 2. The summed E-state index contributed by atoms with van der Waals surface area (Å²) in [7, 11) is 0. The largest absolute Gasteiger partial charge is 2.00 e. The summed E-state index contributed by atoms with van der Waals surface area (Å²) in [6.45, 7) is 21.3. The van der Waals surface area contributed by atoms with Gasteiger partial charge < -0.3 is 19.4 Å². The van der Waals surface area contributed by atoms with E-state index in [4.69, 9.17) is 0 Å². The number of benzene rings is 2. The van der Waals surface area contributed by atoms with Crippen LogP contribution >= 0.6 is 0 Å². The van der Waals surface area contributed by atoms with Crippen LogP contribution in [0.5, 0.6) is 0 Å². The molecule has 0 radical (unpaired) electrons. The molecule has 0 saturated carbocycles. The molecule has 73 heavy (non-hydrogen) atoms. The molecule has 0 spiro atoms. The first-order chi connectivity index (χ1) is 35.5. The van der Waals surface area contributed by atoms with E-state index in [1.807, 2.05) is 0 Å². The number of hydrogen-bond donors (Lipinski definition) is 0. The molecule has 0 atom stereocenters. The van der Waals surface area contributed by atoms with Gasteiger partial charge in [-0.2, -0.15) is 12.8 Å². The van der Waals surface area contributed by atoms with Crippen LogP contribution in [0.3, 0.4) is 0 Å². The van der Waals surface area contributed by atoms with Crippen molar-refractivity contribution in [1.29, 1.82) is 0 Å². The van der Waals surface area contributed by atoms with E-state index in [0.717, 1.165) is 73.9 Å². The van der Waals surface area contributed by atoms with Crippen molar-refractivity contribution in [2.24, 2.45) is 0 Å². The van der Waals surface area contributed by atoms with Crippen LogP contribution < -0.4 is 0 Å². The monoisotopic (exact) mass is 1050 g/mol. The van der Waals surface area contributed by atoms with Crippen LogP contribution in [-0.2, 0) is 29.3 Å². The molecular weight excluding hydrogens is 927 g/mol. The van der Waals surface area contributed by atoms with Crippen molar-refractivity contribution in [2.75, 3.05) is 0 Å². The molecule has 0 aliphatic carbocycles. The van der Waals surface area contributed by atoms with Gasteiger partial charge in [0.05, 0.1) is 5.57 Å². The standard InChI is InChI=1S/C38H54N2.2C16H33.Ni/c1-5-9-13-14-15-16-18-25-36-35(24-12-8-4)38(34-23-19-22-32(30-34)20-11-7-3)40(39)37(36)33-28-26-31(27-29-33)21-17-10-6-2;2*1-3-5-7-9-11-13-15-16-14-12-10-8-6-4-2;/h18-19,22-23,25-30H,5-17,20-21,24H2,1-4H3;2*1,3-16H2,2H3;/q;2*-1;+2. The van der Waals surface area contributed by atoms with Crippen molar-refractivity contribution < 1.29 is 21.2 Å². The topological polar surface area (TPSA) is 25.3 Å². The predicted octanol–water partition coefficient (Wildman–Crippen LogP) is 24.6. The maximum absolute atomic E-state index is 11.9. The van der Waals surface area contributed by atoms with E-state index in [-0.39, 0.29) is 16.5 Å². The number of rotatable bonds is 45. The van der Waals surface area contributed by atoms with Gasteiger partial charge in [-0.15, -0.1) is 0 Å². The molecule has 0 N–H and O–H groups in total. The Balaban J connectivity index is 0.00000130. The van der Waals surface area contributed by atoms with Crippen LogP contribution in [0, 0.1) is 13.8 Å². The van der Waals surface area contributed by atoms with E-state index in [0.29, 0.717) is 0 Å². The van der Waals surface area contributed by atoms with Crippen LogP contribution in [0.1, 0.15) is 333 Å². The van der Waals surface area contributed by atoms with Gasteiger partial charge in [0.25, 0.3) is 0 Å². The van der Waals surface area contributed by atoms with E-state index in [1.165, 1.54) is 258 Å². The first kappa shape index (κ1) is 70.8. The third kappa shape index (κ3) is 36.4. The molecule has 3 rings (SSSR count). The van der Waals surface area contributed by atoms with E-state index < -0.39 is 0 Å². The average molecular weight is 1050 g/mol. The van der Waals surface area contributed by atoms with Crippen LogP contribution in [0.25, 0.3) is 16.9 Å². The van der Waals surface area contributed by atoms with Gasteiger partial charge in [-0.05, 0) is 86.8 Å². The summed E-state index contributed by atoms with van der Waals surface area (Å²) in [5, 5.41) is 0. The first-order valence-electron chi connectivity index (χ1n) is 31.9. The fourth-order valence-electron chi connectivity index (χ4n) is 10.1. The van der Waals surface area contributed by atoms with Crippen molar-refractivity contribution in [3.8, 4) is 0 Å². The van der Waals surface area contributed by atoms with Gasteiger partial charge in [-0.25, -0.2) is 4.70 Å². The van der Waals surface area contributed by atoms with Gasteiger partial charge >= 0.3 is 16.5 Å². The third-order valence-electron chi connectivity index (χ3n) is 14.9. The Labute approximate surface area is 467 Å². The van der Waals surface area contributed by atoms with Crippen molar-refractivity contribution in [3.63, 3.8) is 0 Å². The molecule has 0 fully saturated rings. The molecule has 3 heteroatoms. The van der Waals surface area contributed by atoms with Gasteiger partial charge in [0, 0.05) is 16.7 Å². The molecule has 2 aromatic rings. The Morgan fingerprint density at radius 3 is 1.21 bits per heavy atom. The summed E-state index contributed by atoms with van der Waals surface area (Å²) in [6.07, 6.45) is 63.4. The zero-order valence-electron chi connectivity index (χ0n) is 49.5. The maximum atomic E-state index is 11.9. The third-order valence-corrected chi connectivity index (χ3v) is 14.9. The van der Waals surface area contributed by atoms with E-state index in [1.54, 1.807) is 0 Å². The maximum Gasteiger partial charge on any atom is 2.00 e. The summed E-state index contributed by atoms with van der Waals surface area (Å²) in [5.41, 5.74) is 21.2. The molecule has 1 aliphatic rings. The molecular formula is C70H120N2Ni. The Morgan fingerprint density at radius 2 is 0.767 bits per heavy atom. The number of hydrogen-bond acceptors (Lipinski definition) is 0. The smallest absolute Gasteiger partial charge is 0.493 e. The Morgan fingerprint density at radius 1 is 0.384 bits per heavy atom. The van der Waals surface area contributed by atoms with E-state index in [9.17, 15) is 5.53 Å². The molecule has 1 heterocycles. The molecule has 0 amide bonds. The van der Waals surface area contributed by atoms with Crippen LogP contribution in [0.4, 0.5) is 0 Å². The Kier molecular flexibility index (Phi) is 51.5. The predicted molar refractivity (Wildman–Crippen MR) is 326 cm³/mol. The van der Waals surface area contributed by atoms with Gasteiger partial charge in [-0.1, -0.05) is 296 Å². The second-order valence-corrected chi connectivity index (χ2v) is 21.8.